The Morgan fingerprint density at radius 3 is 2.58 bits per heavy atom. The Hall–Kier alpha value is -3.75. The zero-order chi connectivity index (χ0) is 18.3. The number of pyridine rings is 1. The molecule has 3 aromatic heterocycles. The van der Waals surface area contributed by atoms with Crippen LogP contribution in [0.2, 0.25) is 0 Å². The molecule has 0 fully saturated rings. The number of esters is 1. The summed E-state index contributed by atoms with van der Waals surface area (Å²) < 4.78 is 12.7. The van der Waals surface area contributed by atoms with Gasteiger partial charge in [-0.3, -0.25) is 9.36 Å². The minimum absolute atomic E-state index is 0.177. The van der Waals surface area contributed by atoms with Crippen LogP contribution in [0.25, 0.3) is 22.4 Å². The Bertz CT molecular complexity index is 1190. The van der Waals surface area contributed by atoms with E-state index in [1.165, 1.54) is 34.9 Å². The summed E-state index contributed by atoms with van der Waals surface area (Å²) in [4.78, 5) is 33.5. The molecule has 0 atom stereocenters. The number of fused-ring (bicyclic) bond motifs is 3. The van der Waals surface area contributed by atoms with Gasteiger partial charge in [0.15, 0.2) is 0 Å². The molecule has 0 unspecified atom stereocenters. The normalized spacial score (nSPS) is 11.0. The summed E-state index contributed by atoms with van der Waals surface area (Å²) in [5, 5.41) is 4.28. The molecule has 130 valence electrons. The summed E-state index contributed by atoms with van der Waals surface area (Å²) >= 11 is 0. The van der Waals surface area contributed by atoms with E-state index in [1.807, 2.05) is 0 Å². The molecule has 1 aromatic carbocycles. The summed E-state index contributed by atoms with van der Waals surface area (Å²) in [6, 6.07) is 6.88. The molecule has 0 aliphatic heterocycles. The molecular formula is C17H13N5O4. The second-order valence-corrected chi connectivity index (χ2v) is 5.40. The van der Waals surface area contributed by atoms with Crippen LogP contribution in [0.5, 0.6) is 5.75 Å². The first-order chi connectivity index (χ1) is 12.6. The van der Waals surface area contributed by atoms with Crippen LogP contribution >= 0.6 is 0 Å². The summed E-state index contributed by atoms with van der Waals surface area (Å²) in [7, 11) is 2.83. The van der Waals surface area contributed by atoms with Gasteiger partial charge in [0.1, 0.15) is 17.6 Å². The molecule has 0 N–H and O–H groups in total. The molecule has 9 nitrogen and oxygen atoms in total. The van der Waals surface area contributed by atoms with Crippen LogP contribution in [0.15, 0.2) is 47.8 Å². The van der Waals surface area contributed by atoms with E-state index in [0.29, 0.717) is 17.0 Å². The van der Waals surface area contributed by atoms with Crippen molar-refractivity contribution in [1.29, 1.82) is 0 Å². The SMILES string of the molecule is COC(=O)c1cn(-c2ccc(OC)cc2)c(=O)c2cnc3ncnn3c12. The van der Waals surface area contributed by atoms with Crippen molar-refractivity contribution >= 4 is 22.6 Å². The number of rotatable bonds is 3. The van der Waals surface area contributed by atoms with Crippen molar-refractivity contribution in [3.63, 3.8) is 0 Å². The van der Waals surface area contributed by atoms with Crippen molar-refractivity contribution in [2.75, 3.05) is 14.2 Å². The van der Waals surface area contributed by atoms with Gasteiger partial charge in [0.05, 0.1) is 25.1 Å². The maximum Gasteiger partial charge on any atom is 0.341 e. The fraction of sp³-hybridized carbons (Fsp3) is 0.118. The molecule has 0 radical (unpaired) electrons. The van der Waals surface area contributed by atoms with Gasteiger partial charge in [-0.25, -0.2) is 9.78 Å². The van der Waals surface area contributed by atoms with Gasteiger partial charge in [0.2, 0.25) is 0 Å². The highest BCUT2D eigenvalue weighted by Gasteiger charge is 2.20. The molecule has 0 saturated carbocycles. The van der Waals surface area contributed by atoms with Crippen molar-refractivity contribution < 1.29 is 14.3 Å². The Kier molecular flexibility index (Phi) is 3.61. The topological polar surface area (TPSA) is 101 Å². The minimum Gasteiger partial charge on any atom is -0.497 e. The smallest absolute Gasteiger partial charge is 0.341 e. The molecule has 4 aromatic rings. The highest BCUT2D eigenvalue weighted by atomic mass is 16.5. The zero-order valence-electron chi connectivity index (χ0n) is 13.9. The molecule has 3 heterocycles. The Labute approximate surface area is 146 Å². The Morgan fingerprint density at radius 2 is 1.88 bits per heavy atom. The Balaban J connectivity index is 2.09. The van der Waals surface area contributed by atoms with Crippen LogP contribution < -0.4 is 10.3 Å². The van der Waals surface area contributed by atoms with E-state index in [-0.39, 0.29) is 22.3 Å². The maximum absolute atomic E-state index is 13.0. The van der Waals surface area contributed by atoms with Gasteiger partial charge in [0, 0.05) is 18.1 Å². The van der Waals surface area contributed by atoms with E-state index in [4.69, 9.17) is 9.47 Å². The summed E-state index contributed by atoms with van der Waals surface area (Å²) in [6.45, 7) is 0. The van der Waals surface area contributed by atoms with Gasteiger partial charge in [-0.05, 0) is 24.3 Å². The van der Waals surface area contributed by atoms with E-state index >= 15 is 0 Å². The number of aromatic nitrogens is 5. The van der Waals surface area contributed by atoms with Crippen molar-refractivity contribution in [2.45, 2.75) is 0 Å². The monoisotopic (exact) mass is 351 g/mol. The predicted molar refractivity (Wildman–Crippen MR) is 91.8 cm³/mol. The molecule has 0 spiro atoms. The van der Waals surface area contributed by atoms with Crippen LogP contribution in [-0.4, -0.2) is 44.3 Å². The number of methoxy groups -OCH3 is 2. The lowest BCUT2D eigenvalue weighted by Gasteiger charge is -2.12. The minimum atomic E-state index is -0.597. The van der Waals surface area contributed by atoms with Crippen molar-refractivity contribution in [1.82, 2.24) is 24.1 Å². The summed E-state index contributed by atoms with van der Waals surface area (Å²) in [5.41, 5.74) is 0.703. The number of nitrogens with zero attached hydrogens (tertiary/aromatic N) is 5. The standard InChI is InChI=1S/C17H13N5O4/c1-25-11-5-3-10(4-6-11)21-8-13(16(24)26-2)14-12(15(21)23)7-18-17-19-9-20-22(14)17/h3-9H,1-2H3. The summed E-state index contributed by atoms with van der Waals surface area (Å²) in [5.74, 6) is 0.339. The lowest BCUT2D eigenvalue weighted by molar-refractivity contribution is 0.0602. The van der Waals surface area contributed by atoms with Gasteiger partial charge >= 0.3 is 5.97 Å². The fourth-order valence-electron chi connectivity index (χ4n) is 2.77. The summed E-state index contributed by atoms with van der Waals surface area (Å²) in [6.07, 6.45) is 4.12. The first-order valence-corrected chi connectivity index (χ1v) is 7.61. The number of benzene rings is 1. The maximum atomic E-state index is 13.0. The van der Waals surface area contributed by atoms with Crippen LogP contribution in [0.1, 0.15) is 10.4 Å². The second kappa shape index (κ2) is 5.96. The van der Waals surface area contributed by atoms with E-state index in [1.54, 1.807) is 31.4 Å². The van der Waals surface area contributed by atoms with Gasteiger partial charge in [0.25, 0.3) is 11.3 Å². The fourth-order valence-corrected chi connectivity index (χ4v) is 2.77. The van der Waals surface area contributed by atoms with Gasteiger partial charge in [-0.15, -0.1) is 0 Å². The third kappa shape index (κ3) is 2.29. The highest BCUT2D eigenvalue weighted by molar-refractivity contribution is 6.02. The van der Waals surface area contributed by atoms with Crippen LogP contribution in [0.4, 0.5) is 0 Å². The highest BCUT2D eigenvalue weighted by Crippen LogP contribution is 2.20. The first-order valence-electron chi connectivity index (χ1n) is 7.61. The van der Waals surface area contributed by atoms with Crippen molar-refractivity contribution in [2.24, 2.45) is 0 Å². The van der Waals surface area contributed by atoms with Gasteiger partial charge in [-0.1, -0.05) is 0 Å². The molecule has 0 bridgehead atoms. The van der Waals surface area contributed by atoms with Crippen molar-refractivity contribution in [3.8, 4) is 11.4 Å². The number of hydrogen-bond acceptors (Lipinski definition) is 7. The molecular weight excluding hydrogens is 338 g/mol. The predicted octanol–water partition coefficient (Wildman–Crippen LogP) is 1.22. The largest absolute Gasteiger partial charge is 0.497 e. The average Bonchev–Trinajstić information content (AvgIpc) is 3.17. The molecule has 4 rings (SSSR count). The third-order valence-electron chi connectivity index (χ3n) is 4.02. The zero-order valence-corrected chi connectivity index (χ0v) is 13.9. The van der Waals surface area contributed by atoms with Gasteiger partial charge < -0.3 is 9.47 Å². The van der Waals surface area contributed by atoms with Gasteiger partial charge in [-0.2, -0.15) is 14.6 Å². The second-order valence-electron chi connectivity index (χ2n) is 5.40. The van der Waals surface area contributed by atoms with E-state index in [9.17, 15) is 9.59 Å². The number of ether oxygens (including phenoxy) is 2. The van der Waals surface area contributed by atoms with E-state index in [2.05, 4.69) is 15.1 Å². The quantitative estimate of drug-likeness (QED) is 0.512. The van der Waals surface area contributed by atoms with Crippen molar-refractivity contribution in [3.05, 3.63) is 58.9 Å². The van der Waals surface area contributed by atoms with E-state index < -0.39 is 5.97 Å². The molecule has 0 aliphatic rings. The van der Waals surface area contributed by atoms with E-state index in [0.717, 1.165) is 0 Å². The first kappa shape index (κ1) is 15.8. The Morgan fingerprint density at radius 1 is 1.12 bits per heavy atom. The molecule has 0 amide bonds. The number of hydrogen-bond donors (Lipinski definition) is 0. The average molecular weight is 351 g/mol. The van der Waals surface area contributed by atoms with Crippen LogP contribution in [0, 0.1) is 0 Å². The molecule has 26 heavy (non-hydrogen) atoms. The lowest BCUT2D eigenvalue weighted by Crippen LogP contribution is -2.22. The molecule has 0 aliphatic carbocycles. The van der Waals surface area contributed by atoms with Crippen LogP contribution in [-0.2, 0) is 4.74 Å². The molecule has 0 saturated heterocycles. The third-order valence-corrected chi connectivity index (χ3v) is 4.02. The molecule has 9 heteroatoms. The number of carbonyl (C=O) groups excluding carboxylic acids is 1. The van der Waals surface area contributed by atoms with Crippen LogP contribution in [0.3, 0.4) is 0 Å². The lowest BCUT2D eigenvalue weighted by atomic mass is 10.2. The number of carbonyl (C=O) groups is 1.